The largest absolute Gasteiger partial charge is 0.462 e. The summed E-state index contributed by atoms with van der Waals surface area (Å²) >= 11 is 1.30. The van der Waals surface area contributed by atoms with E-state index in [9.17, 15) is 9.90 Å². The molecule has 0 saturated heterocycles. The van der Waals surface area contributed by atoms with Crippen LogP contribution in [0.25, 0.3) is 10.8 Å². The van der Waals surface area contributed by atoms with Gasteiger partial charge in [0.25, 0.3) is 5.91 Å². The van der Waals surface area contributed by atoms with E-state index in [1.165, 1.54) is 24.5 Å². The van der Waals surface area contributed by atoms with Crippen molar-refractivity contribution in [1.82, 2.24) is 10.3 Å². The zero-order chi connectivity index (χ0) is 13.9. The Hall–Kier alpha value is -1.70. The van der Waals surface area contributed by atoms with Crippen molar-refractivity contribution in [3.63, 3.8) is 0 Å². The monoisotopic (exact) mass is 282 g/mol. The first-order valence-electron chi connectivity index (χ1n) is 5.63. The summed E-state index contributed by atoms with van der Waals surface area (Å²) in [4.78, 5) is 15.9. The second kappa shape index (κ2) is 5.52. The highest BCUT2D eigenvalue weighted by molar-refractivity contribution is 7.13. The minimum absolute atomic E-state index is 0.0457. The van der Waals surface area contributed by atoms with E-state index in [1.807, 2.05) is 0 Å². The lowest BCUT2D eigenvalue weighted by atomic mass is 10.1. The third-order valence-corrected chi connectivity index (χ3v) is 3.30. The van der Waals surface area contributed by atoms with Crippen LogP contribution >= 0.6 is 11.3 Å². The van der Waals surface area contributed by atoms with Gasteiger partial charge in [-0.15, -0.1) is 11.3 Å². The van der Waals surface area contributed by atoms with E-state index in [-0.39, 0.29) is 12.2 Å². The first-order valence-corrected chi connectivity index (χ1v) is 6.51. The van der Waals surface area contributed by atoms with Crippen LogP contribution in [0.3, 0.4) is 0 Å². The molecule has 2 aromatic rings. The van der Waals surface area contributed by atoms with Gasteiger partial charge < -0.3 is 19.9 Å². The Morgan fingerprint density at radius 3 is 3.05 bits per heavy atom. The van der Waals surface area contributed by atoms with Gasteiger partial charge >= 0.3 is 0 Å². The molecular weight excluding hydrogens is 268 g/mol. The molecule has 0 bridgehead atoms. The Labute approximate surface area is 113 Å². The maximum Gasteiger partial charge on any atom is 0.270 e. The Morgan fingerprint density at radius 2 is 2.42 bits per heavy atom. The van der Waals surface area contributed by atoms with Gasteiger partial charge in [-0.1, -0.05) is 0 Å². The smallest absolute Gasteiger partial charge is 0.270 e. The van der Waals surface area contributed by atoms with Crippen LogP contribution in [0, 0.1) is 0 Å². The predicted molar refractivity (Wildman–Crippen MR) is 69.9 cm³/mol. The highest BCUT2D eigenvalue weighted by atomic mass is 32.1. The van der Waals surface area contributed by atoms with Gasteiger partial charge in [0.15, 0.2) is 10.8 Å². The number of aliphatic hydroxyl groups excluding tert-OH is 1. The van der Waals surface area contributed by atoms with Gasteiger partial charge in [0.05, 0.1) is 12.9 Å². The van der Waals surface area contributed by atoms with E-state index < -0.39 is 18.1 Å². The van der Waals surface area contributed by atoms with E-state index in [1.54, 1.807) is 17.5 Å². The summed E-state index contributed by atoms with van der Waals surface area (Å²) in [7, 11) is 0. The first-order chi connectivity index (χ1) is 9.02. The fourth-order valence-electron chi connectivity index (χ4n) is 1.31. The van der Waals surface area contributed by atoms with Crippen molar-refractivity contribution in [1.29, 1.82) is 0 Å². The van der Waals surface area contributed by atoms with Gasteiger partial charge in [0.1, 0.15) is 11.3 Å². The molecule has 2 aromatic heterocycles. The predicted octanol–water partition coefficient (Wildman–Crippen LogP) is 0.876. The van der Waals surface area contributed by atoms with Crippen LogP contribution in [-0.2, 0) is 0 Å². The molecule has 0 aromatic carbocycles. The second-order valence-corrected chi connectivity index (χ2v) is 5.21. The summed E-state index contributed by atoms with van der Waals surface area (Å²) in [6.07, 6.45) is 1.54. The second-order valence-electron chi connectivity index (χ2n) is 4.35. The standard InChI is InChI=1S/C12H14N2O4S/c1-12(17,7-15)6-13-10(16)8-5-19-11(14-8)9-3-2-4-18-9/h2-5,15,17H,6-7H2,1H3,(H,13,16). The van der Waals surface area contributed by atoms with Crippen molar-refractivity contribution >= 4 is 17.2 Å². The Kier molecular flexibility index (Phi) is 3.98. The maximum atomic E-state index is 11.8. The molecule has 19 heavy (non-hydrogen) atoms. The average molecular weight is 282 g/mol. The summed E-state index contributed by atoms with van der Waals surface area (Å²) in [5.74, 6) is 0.203. The normalized spacial score (nSPS) is 14.1. The molecular formula is C12H14N2O4S. The van der Waals surface area contributed by atoms with E-state index in [2.05, 4.69) is 10.3 Å². The van der Waals surface area contributed by atoms with Crippen molar-refractivity contribution < 1.29 is 19.4 Å². The van der Waals surface area contributed by atoms with Gasteiger partial charge in [-0.05, 0) is 19.1 Å². The molecule has 2 rings (SSSR count). The third kappa shape index (κ3) is 3.40. The van der Waals surface area contributed by atoms with E-state index in [0.717, 1.165) is 0 Å². The molecule has 0 aliphatic carbocycles. The molecule has 1 amide bonds. The zero-order valence-electron chi connectivity index (χ0n) is 10.3. The lowest BCUT2D eigenvalue weighted by Crippen LogP contribution is -2.43. The number of aromatic nitrogens is 1. The van der Waals surface area contributed by atoms with E-state index in [4.69, 9.17) is 9.52 Å². The average Bonchev–Trinajstić information content (AvgIpc) is 3.05. The van der Waals surface area contributed by atoms with Crippen LogP contribution in [0.1, 0.15) is 17.4 Å². The number of thiazole rings is 1. The Balaban J connectivity index is 2.01. The molecule has 102 valence electrons. The van der Waals surface area contributed by atoms with Crippen molar-refractivity contribution in [2.75, 3.05) is 13.2 Å². The zero-order valence-corrected chi connectivity index (χ0v) is 11.1. The van der Waals surface area contributed by atoms with Gasteiger partial charge in [0, 0.05) is 11.9 Å². The molecule has 0 radical (unpaired) electrons. The lowest BCUT2D eigenvalue weighted by molar-refractivity contribution is 0.00317. The van der Waals surface area contributed by atoms with Gasteiger partial charge in [-0.2, -0.15) is 0 Å². The van der Waals surface area contributed by atoms with Crippen molar-refractivity contribution in [2.45, 2.75) is 12.5 Å². The van der Waals surface area contributed by atoms with E-state index >= 15 is 0 Å². The molecule has 0 spiro atoms. The van der Waals surface area contributed by atoms with Gasteiger partial charge in [-0.3, -0.25) is 4.79 Å². The Morgan fingerprint density at radius 1 is 1.63 bits per heavy atom. The number of hydrogen-bond donors (Lipinski definition) is 3. The number of aliphatic hydroxyl groups is 2. The third-order valence-electron chi connectivity index (χ3n) is 2.44. The summed E-state index contributed by atoms with van der Waals surface area (Å²) in [5, 5.41) is 23.2. The number of nitrogens with zero attached hydrogens (tertiary/aromatic N) is 1. The number of rotatable bonds is 5. The maximum absolute atomic E-state index is 11.8. The minimum atomic E-state index is -1.34. The number of nitrogens with one attached hydrogen (secondary N) is 1. The molecule has 1 unspecified atom stereocenters. The number of carbonyl (C=O) groups is 1. The van der Waals surface area contributed by atoms with Gasteiger partial charge in [-0.25, -0.2) is 4.98 Å². The first kappa shape index (κ1) is 13.7. The molecule has 0 aliphatic heterocycles. The Bertz CT molecular complexity index is 548. The summed E-state index contributed by atoms with van der Waals surface area (Å²) < 4.78 is 5.19. The molecule has 0 fully saturated rings. The quantitative estimate of drug-likeness (QED) is 0.756. The molecule has 6 nitrogen and oxygen atoms in total. The number of carbonyl (C=O) groups excluding carboxylic acids is 1. The van der Waals surface area contributed by atoms with Crippen LogP contribution in [0.15, 0.2) is 28.2 Å². The van der Waals surface area contributed by atoms with Crippen LogP contribution in [-0.4, -0.2) is 39.9 Å². The van der Waals surface area contributed by atoms with Crippen LogP contribution in [0.2, 0.25) is 0 Å². The fourth-order valence-corrected chi connectivity index (χ4v) is 2.07. The molecule has 1 atom stereocenters. The van der Waals surface area contributed by atoms with Crippen molar-refractivity contribution in [3.8, 4) is 10.8 Å². The number of hydrogen-bond acceptors (Lipinski definition) is 6. The highest BCUT2D eigenvalue weighted by Crippen LogP contribution is 2.23. The van der Waals surface area contributed by atoms with Crippen LogP contribution in [0.5, 0.6) is 0 Å². The summed E-state index contributed by atoms with van der Waals surface area (Å²) in [5.41, 5.74) is -1.08. The minimum Gasteiger partial charge on any atom is -0.462 e. The molecule has 0 aliphatic rings. The van der Waals surface area contributed by atoms with Crippen molar-refractivity contribution in [3.05, 3.63) is 29.5 Å². The fraction of sp³-hybridized carbons (Fsp3) is 0.333. The van der Waals surface area contributed by atoms with Crippen molar-refractivity contribution in [2.24, 2.45) is 0 Å². The summed E-state index contributed by atoms with van der Waals surface area (Å²) in [6.45, 7) is 0.959. The van der Waals surface area contributed by atoms with Crippen LogP contribution < -0.4 is 5.32 Å². The molecule has 2 heterocycles. The van der Waals surface area contributed by atoms with E-state index in [0.29, 0.717) is 10.8 Å². The lowest BCUT2D eigenvalue weighted by Gasteiger charge is -2.20. The molecule has 7 heteroatoms. The number of amides is 1. The molecule has 0 saturated carbocycles. The number of furan rings is 1. The summed E-state index contributed by atoms with van der Waals surface area (Å²) in [6, 6.07) is 3.51. The highest BCUT2D eigenvalue weighted by Gasteiger charge is 2.21. The van der Waals surface area contributed by atoms with Crippen LogP contribution in [0.4, 0.5) is 0 Å². The topological polar surface area (TPSA) is 95.6 Å². The molecule has 3 N–H and O–H groups in total. The van der Waals surface area contributed by atoms with Gasteiger partial charge in [0.2, 0.25) is 0 Å². The SMILES string of the molecule is CC(O)(CO)CNC(=O)c1csc(-c2ccco2)n1.